The van der Waals surface area contributed by atoms with Crippen LogP contribution in [0.15, 0.2) is 0 Å². The van der Waals surface area contributed by atoms with E-state index >= 15 is 0 Å². The first-order valence-electron chi connectivity index (χ1n) is 6.84. The Labute approximate surface area is 125 Å². The third-order valence-corrected chi connectivity index (χ3v) is 3.66. The molecule has 0 unspecified atom stereocenters. The second kappa shape index (κ2) is 5.37. The van der Waals surface area contributed by atoms with Gasteiger partial charge in [-0.15, -0.1) is 11.6 Å². The van der Waals surface area contributed by atoms with E-state index in [4.69, 9.17) is 11.6 Å². The van der Waals surface area contributed by atoms with Gasteiger partial charge in [0.1, 0.15) is 11.3 Å². The molecule has 2 aromatic rings. The summed E-state index contributed by atoms with van der Waals surface area (Å²) in [5.74, 6) is 1.34. The quantitative estimate of drug-likeness (QED) is 0.796. The first-order chi connectivity index (χ1) is 9.25. The lowest BCUT2D eigenvalue weighted by molar-refractivity contribution is 0.211. The van der Waals surface area contributed by atoms with Crippen LogP contribution in [0.2, 0.25) is 0 Å². The van der Waals surface area contributed by atoms with Gasteiger partial charge in [0.05, 0.1) is 11.6 Å². The molecule has 6 heteroatoms. The van der Waals surface area contributed by atoms with Crippen molar-refractivity contribution in [3.63, 3.8) is 0 Å². The van der Waals surface area contributed by atoms with Crippen LogP contribution in [0.4, 0.5) is 0 Å². The average Bonchev–Trinajstić information content (AvgIpc) is 2.77. The number of aromatic nitrogens is 4. The molecule has 0 aliphatic carbocycles. The molecule has 0 radical (unpaired) electrons. The highest BCUT2D eigenvalue weighted by atomic mass is 35.5. The molecule has 0 N–H and O–H groups in total. The van der Waals surface area contributed by atoms with Gasteiger partial charge in [0.2, 0.25) is 0 Å². The summed E-state index contributed by atoms with van der Waals surface area (Å²) < 4.78 is 4.12. The number of alkyl halides is 1. The third-order valence-electron chi connectivity index (χ3n) is 3.42. The Bertz CT molecular complexity index is 609. The average molecular weight is 298 g/mol. The van der Waals surface area contributed by atoms with Crippen molar-refractivity contribution in [1.29, 1.82) is 0 Å². The van der Waals surface area contributed by atoms with Crippen molar-refractivity contribution in [3.8, 4) is 0 Å². The first-order valence-corrected chi connectivity index (χ1v) is 7.38. The Kier molecular flexibility index (Phi) is 4.12. The standard InChI is InChI=1S/C14H24ClN5/c1-10-12-13(19(6)17-10)20(11(7-15)16-12)9-14(2,3)8-18(4)5/h7-9H2,1-6H3. The first kappa shape index (κ1) is 15.3. The van der Waals surface area contributed by atoms with Crippen molar-refractivity contribution < 1.29 is 0 Å². The van der Waals surface area contributed by atoms with Gasteiger partial charge in [-0.3, -0.25) is 4.68 Å². The maximum absolute atomic E-state index is 6.08. The van der Waals surface area contributed by atoms with Crippen LogP contribution >= 0.6 is 11.6 Å². The number of nitrogens with zero attached hydrogens (tertiary/aromatic N) is 5. The van der Waals surface area contributed by atoms with Crippen LogP contribution in [-0.4, -0.2) is 44.9 Å². The van der Waals surface area contributed by atoms with Gasteiger partial charge in [-0.05, 0) is 26.4 Å². The number of aryl methyl sites for hydroxylation is 2. The van der Waals surface area contributed by atoms with E-state index in [1.54, 1.807) is 0 Å². The van der Waals surface area contributed by atoms with E-state index in [1.165, 1.54) is 0 Å². The lowest BCUT2D eigenvalue weighted by atomic mass is 9.93. The molecule has 20 heavy (non-hydrogen) atoms. The molecule has 0 saturated carbocycles. The second-order valence-electron chi connectivity index (χ2n) is 6.53. The molecule has 0 aliphatic heterocycles. The lowest BCUT2D eigenvalue weighted by Crippen LogP contribution is -2.33. The van der Waals surface area contributed by atoms with E-state index in [9.17, 15) is 0 Å². The van der Waals surface area contributed by atoms with E-state index in [0.29, 0.717) is 5.88 Å². The molecular formula is C14H24ClN5. The zero-order valence-corrected chi connectivity index (χ0v) is 14.0. The van der Waals surface area contributed by atoms with Gasteiger partial charge < -0.3 is 9.47 Å². The van der Waals surface area contributed by atoms with Gasteiger partial charge in [-0.1, -0.05) is 13.8 Å². The second-order valence-corrected chi connectivity index (χ2v) is 6.80. The highest BCUT2D eigenvalue weighted by Gasteiger charge is 2.24. The largest absolute Gasteiger partial charge is 0.311 e. The maximum Gasteiger partial charge on any atom is 0.158 e. The number of halogens is 1. The topological polar surface area (TPSA) is 38.9 Å². The fraction of sp³-hybridized carbons (Fsp3) is 0.714. The van der Waals surface area contributed by atoms with Crippen molar-refractivity contribution in [2.75, 3.05) is 20.6 Å². The Morgan fingerprint density at radius 2 is 1.95 bits per heavy atom. The monoisotopic (exact) mass is 297 g/mol. The van der Waals surface area contributed by atoms with Crippen molar-refractivity contribution >= 4 is 22.8 Å². The molecule has 0 saturated heterocycles. The Balaban J connectivity index is 2.47. The summed E-state index contributed by atoms with van der Waals surface area (Å²) in [7, 11) is 6.16. The predicted octanol–water partition coefficient (Wildman–Crippen LogP) is 2.40. The minimum absolute atomic E-state index is 0.135. The van der Waals surface area contributed by atoms with Crippen molar-refractivity contribution in [2.45, 2.75) is 33.2 Å². The van der Waals surface area contributed by atoms with Gasteiger partial charge >= 0.3 is 0 Å². The summed E-state index contributed by atoms with van der Waals surface area (Å²) in [4.78, 5) is 6.86. The Hall–Kier alpha value is -1.07. The van der Waals surface area contributed by atoms with E-state index in [2.05, 4.69) is 47.5 Å². The smallest absolute Gasteiger partial charge is 0.158 e. The fourth-order valence-electron chi connectivity index (χ4n) is 2.98. The molecule has 0 bridgehead atoms. The van der Waals surface area contributed by atoms with Crippen LogP contribution in [-0.2, 0) is 19.5 Å². The van der Waals surface area contributed by atoms with E-state index < -0.39 is 0 Å². The van der Waals surface area contributed by atoms with E-state index in [-0.39, 0.29) is 5.41 Å². The molecule has 2 rings (SSSR count). The minimum Gasteiger partial charge on any atom is -0.311 e. The SMILES string of the molecule is Cc1nn(C)c2c1nc(CCl)n2CC(C)(C)CN(C)C. The van der Waals surface area contributed by atoms with Gasteiger partial charge in [-0.25, -0.2) is 4.98 Å². The van der Waals surface area contributed by atoms with Crippen LogP contribution in [0.3, 0.4) is 0 Å². The van der Waals surface area contributed by atoms with E-state index in [0.717, 1.165) is 35.8 Å². The fourth-order valence-corrected chi connectivity index (χ4v) is 3.19. The molecule has 0 aromatic carbocycles. The molecule has 112 valence electrons. The van der Waals surface area contributed by atoms with E-state index in [1.807, 2.05) is 18.7 Å². The summed E-state index contributed by atoms with van der Waals surface area (Å²) in [5.41, 5.74) is 3.11. The summed E-state index contributed by atoms with van der Waals surface area (Å²) >= 11 is 6.08. The number of rotatable bonds is 5. The summed E-state index contributed by atoms with van der Waals surface area (Å²) in [5, 5.41) is 4.46. The van der Waals surface area contributed by atoms with Crippen molar-refractivity contribution in [1.82, 2.24) is 24.2 Å². The van der Waals surface area contributed by atoms with Gasteiger partial charge in [-0.2, -0.15) is 5.10 Å². The number of hydrogen-bond donors (Lipinski definition) is 0. The molecule has 5 nitrogen and oxygen atoms in total. The van der Waals surface area contributed by atoms with Crippen LogP contribution in [0.25, 0.3) is 11.2 Å². The molecule has 0 amide bonds. The summed E-state index contributed by atoms with van der Waals surface area (Å²) in [6.45, 7) is 8.40. The van der Waals surface area contributed by atoms with Crippen LogP contribution in [0, 0.1) is 12.3 Å². The number of fused-ring (bicyclic) bond motifs is 1. The minimum atomic E-state index is 0.135. The highest BCUT2D eigenvalue weighted by Crippen LogP contribution is 2.26. The third kappa shape index (κ3) is 2.83. The number of imidazole rings is 1. The predicted molar refractivity (Wildman–Crippen MR) is 83.1 cm³/mol. The molecule has 0 atom stereocenters. The zero-order chi connectivity index (χ0) is 15.1. The zero-order valence-electron chi connectivity index (χ0n) is 13.2. The molecule has 2 aromatic heterocycles. The normalized spacial score (nSPS) is 12.8. The lowest BCUT2D eigenvalue weighted by Gasteiger charge is -2.29. The Morgan fingerprint density at radius 3 is 2.50 bits per heavy atom. The van der Waals surface area contributed by atoms with Gasteiger partial charge in [0.15, 0.2) is 5.65 Å². The van der Waals surface area contributed by atoms with Gasteiger partial charge in [0, 0.05) is 20.1 Å². The van der Waals surface area contributed by atoms with Crippen LogP contribution < -0.4 is 0 Å². The molecule has 2 heterocycles. The van der Waals surface area contributed by atoms with Crippen LogP contribution in [0.1, 0.15) is 25.4 Å². The summed E-state index contributed by atoms with van der Waals surface area (Å²) in [6, 6.07) is 0. The van der Waals surface area contributed by atoms with Crippen LogP contribution in [0.5, 0.6) is 0 Å². The Morgan fingerprint density at radius 1 is 1.30 bits per heavy atom. The maximum atomic E-state index is 6.08. The molecule has 0 spiro atoms. The molecule has 0 fully saturated rings. The van der Waals surface area contributed by atoms with Gasteiger partial charge in [0.25, 0.3) is 0 Å². The highest BCUT2D eigenvalue weighted by molar-refractivity contribution is 6.16. The van der Waals surface area contributed by atoms with Crippen molar-refractivity contribution in [3.05, 3.63) is 11.5 Å². The summed E-state index contributed by atoms with van der Waals surface area (Å²) in [6.07, 6.45) is 0. The molecule has 0 aliphatic rings. The van der Waals surface area contributed by atoms with Crippen molar-refractivity contribution in [2.24, 2.45) is 12.5 Å². The molecular weight excluding hydrogens is 274 g/mol. The number of hydrogen-bond acceptors (Lipinski definition) is 3.